The monoisotopic (exact) mass is 328 g/mol. The van der Waals surface area contributed by atoms with Crippen LogP contribution in [-0.2, 0) is 17.8 Å². The molecule has 0 atom stereocenters. The summed E-state index contributed by atoms with van der Waals surface area (Å²) in [5.41, 5.74) is 1.90. The zero-order valence-electron chi connectivity index (χ0n) is 14.2. The van der Waals surface area contributed by atoms with E-state index in [1.807, 2.05) is 44.2 Å². The number of amides is 1. The molecule has 1 aromatic heterocycles. The minimum absolute atomic E-state index is 0.00397. The van der Waals surface area contributed by atoms with Crippen LogP contribution in [0, 0.1) is 6.92 Å². The van der Waals surface area contributed by atoms with Crippen molar-refractivity contribution in [3.05, 3.63) is 64.1 Å². The highest BCUT2D eigenvalue weighted by Crippen LogP contribution is 2.12. The smallest absolute Gasteiger partial charge is 0.250 e. The van der Waals surface area contributed by atoms with Gasteiger partial charge in [0.1, 0.15) is 5.75 Å². The summed E-state index contributed by atoms with van der Waals surface area (Å²) in [5.74, 6) is 0.792. The Kier molecular flexibility index (Phi) is 6.61. The lowest BCUT2D eigenvalue weighted by Gasteiger charge is -2.08. The van der Waals surface area contributed by atoms with Gasteiger partial charge in [0.15, 0.2) is 0 Å². The van der Waals surface area contributed by atoms with Gasteiger partial charge in [0.25, 0.3) is 5.56 Å². The molecule has 0 spiro atoms. The first kappa shape index (κ1) is 17.8. The Morgan fingerprint density at radius 3 is 2.62 bits per heavy atom. The fourth-order valence-corrected chi connectivity index (χ4v) is 2.39. The molecular weight excluding hydrogens is 304 g/mol. The molecule has 0 bridgehead atoms. The molecule has 24 heavy (non-hydrogen) atoms. The van der Waals surface area contributed by atoms with E-state index >= 15 is 0 Å². The van der Waals surface area contributed by atoms with Crippen molar-refractivity contribution < 1.29 is 9.53 Å². The van der Waals surface area contributed by atoms with Gasteiger partial charge in [-0.05, 0) is 49.6 Å². The fourth-order valence-electron chi connectivity index (χ4n) is 2.39. The molecular formula is C19H24N2O3. The molecule has 0 fully saturated rings. The third-order valence-electron chi connectivity index (χ3n) is 3.65. The molecule has 0 aliphatic heterocycles. The maximum atomic E-state index is 11.9. The SMILES string of the molecule is CCOc1ccc(CC(=O)NCCCn2ccc(C)cc2=O)cc1. The number of aryl methyl sites for hydroxylation is 2. The van der Waals surface area contributed by atoms with Crippen molar-refractivity contribution in [2.45, 2.75) is 33.2 Å². The highest BCUT2D eigenvalue weighted by molar-refractivity contribution is 5.78. The topological polar surface area (TPSA) is 60.3 Å². The van der Waals surface area contributed by atoms with Crippen molar-refractivity contribution >= 4 is 5.91 Å². The van der Waals surface area contributed by atoms with Gasteiger partial charge in [-0.1, -0.05) is 12.1 Å². The van der Waals surface area contributed by atoms with E-state index in [9.17, 15) is 9.59 Å². The molecule has 1 N–H and O–H groups in total. The highest BCUT2D eigenvalue weighted by Gasteiger charge is 2.03. The molecule has 0 unspecified atom stereocenters. The van der Waals surface area contributed by atoms with Gasteiger partial charge in [0.05, 0.1) is 13.0 Å². The van der Waals surface area contributed by atoms with Crippen molar-refractivity contribution in [3.63, 3.8) is 0 Å². The average molecular weight is 328 g/mol. The lowest BCUT2D eigenvalue weighted by Crippen LogP contribution is -2.28. The normalized spacial score (nSPS) is 10.4. The predicted octanol–water partition coefficient (Wildman–Crippen LogP) is 2.30. The minimum atomic E-state index is -0.0181. The molecule has 0 saturated carbocycles. The second-order valence-electron chi connectivity index (χ2n) is 5.69. The van der Waals surface area contributed by atoms with Gasteiger partial charge in [-0.25, -0.2) is 0 Å². The fraction of sp³-hybridized carbons (Fsp3) is 0.368. The molecule has 2 rings (SSSR count). The molecule has 128 valence electrons. The highest BCUT2D eigenvalue weighted by atomic mass is 16.5. The molecule has 1 aromatic carbocycles. The van der Waals surface area contributed by atoms with Crippen LogP contribution in [0.25, 0.3) is 0 Å². The number of carbonyl (C=O) groups is 1. The number of hydrogen-bond acceptors (Lipinski definition) is 3. The first-order valence-corrected chi connectivity index (χ1v) is 8.24. The van der Waals surface area contributed by atoms with Crippen LogP contribution in [0.15, 0.2) is 47.4 Å². The molecule has 1 amide bonds. The van der Waals surface area contributed by atoms with Crippen LogP contribution < -0.4 is 15.6 Å². The Morgan fingerprint density at radius 2 is 1.96 bits per heavy atom. The van der Waals surface area contributed by atoms with Crippen molar-refractivity contribution in [3.8, 4) is 5.75 Å². The van der Waals surface area contributed by atoms with E-state index in [1.54, 1.807) is 16.8 Å². The summed E-state index contributed by atoms with van der Waals surface area (Å²) in [6, 6.07) is 11.1. The minimum Gasteiger partial charge on any atom is -0.494 e. The Hall–Kier alpha value is -2.56. The van der Waals surface area contributed by atoms with Crippen LogP contribution >= 0.6 is 0 Å². The second-order valence-corrected chi connectivity index (χ2v) is 5.69. The zero-order chi connectivity index (χ0) is 17.4. The summed E-state index contributed by atoms with van der Waals surface area (Å²) in [6.45, 7) is 5.61. The molecule has 5 nitrogen and oxygen atoms in total. The van der Waals surface area contributed by atoms with Gasteiger partial charge in [0.2, 0.25) is 5.91 Å². The number of nitrogens with one attached hydrogen (secondary N) is 1. The predicted molar refractivity (Wildman–Crippen MR) is 94.4 cm³/mol. The first-order valence-electron chi connectivity index (χ1n) is 8.24. The van der Waals surface area contributed by atoms with Gasteiger partial charge in [0, 0.05) is 25.4 Å². The molecule has 0 saturated heterocycles. The number of rotatable bonds is 8. The third-order valence-corrected chi connectivity index (χ3v) is 3.65. The van der Waals surface area contributed by atoms with Gasteiger partial charge in [-0.2, -0.15) is 0 Å². The maximum absolute atomic E-state index is 11.9. The lowest BCUT2D eigenvalue weighted by atomic mass is 10.1. The van der Waals surface area contributed by atoms with Gasteiger partial charge in [-0.3, -0.25) is 9.59 Å². The number of ether oxygens (including phenoxy) is 1. The van der Waals surface area contributed by atoms with Gasteiger partial charge in [-0.15, -0.1) is 0 Å². The number of aromatic nitrogens is 1. The van der Waals surface area contributed by atoms with Crippen LogP contribution in [0.1, 0.15) is 24.5 Å². The quantitative estimate of drug-likeness (QED) is 0.757. The average Bonchev–Trinajstić information content (AvgIpc) is 2.55. The molecule has 1 heterocycles. The number of pyridine rings is 1. The number of hydrogen-bond donors (Lipinski definition) is 1. The summed E-state index contributed by atoms with van der Waals surface area (Å²) in [4.78, 5) is 23.7. The molecule has 0 aliphatic rings. The zero-order valence-corrected chi connectivity index (χ0v) is 14.2. The van der Waals surface area contributed by atoms with Crippen molar-refractivity contribution in [2.24, 2.45) is 0 Å². The third kappa shape index (κ3) is 5.57. The van der Waals surface area contributed by atoms with Crippen molar-refractivity contribution in [1.29, 1.82) is 0 Å². The largest absolute Gasteiger partial charge is 0.494 e. The van der Waals surface area contributed by atoms with E-state index in [2.05, 4.69) is 5.32 Å². The molecule has 0 aliphatic carbocycles. The Morgan fingerprint density at radius 1 is 1.21 bits per heavy atom. The summed E-state index contributed by atoms with van der Waals surface area (Å²) >= 11 is 0. The summed E-state index contributed by atoms with van der Waals surface area (Å²) in [7, 11) is 0. The maximum Gasteiger partial charge on any atom is 0.250 e. The second kappa shape index (κ2) is 8.91. The summed E-state index contributed by atoms with van der Waals surface area (Å²) in [6.07, 6.45) is 2.86. The molecule has 0 radical (unpaired) electrons. The van der Waals surface area contributed by atoms with Crippen LogP contribution in [0.4, 0.5) is 0 Å². The Balaban J connectivity index is 1.72. The van der Waals surface area contributed by atoms with Crippen LogP contribution in [0.2, 0.25) is 0 Å². The van der Waals surface area contributed by atoms with Crippen molar-refractivity contribution in [1.82, 2.24) is 9.88 Å². The van der Waals surface area contributed by atoms with Crippen LogP contribution in [0.3, 0.4) is 0 Å². The number of nitrogens with zero attached hydrogens (tertiary/aromatic N) is 1. The van der Waals surface area contributed by atoms with E-state index in [0.29, 0.717) is 26.1 Å². The number of carbonyl (C=O) groups excluding carboxylic acids is 1. The molecule has 5 heteroatoms. The first-order chi connectivity index (χ1) is 11.6. The Bertz CT molecular complexity index is 720. The Labute approximate surface area is 142 Å². The summed E-state index contributed by atoms with van der Waals surface area (Å²) in [5, 5.41) is 2.89. The molecule has 2 aromatic rings. The van der Waals surface area contributed by atoms with Crippen LogP contribution in [0.5, 0.6) is 5.75 Å². The standard InChI is InChI=1S/C19H24N2O3/c1-3-24-17-7-5-16(6-8-17)14-18(22)20-10-4-11-21-12-9-15(2)13-19(21)23/h5-9,12-13H,3-4,10-11,14H2,1-2H3,(H,20,22). The summed E-state index contributed by atoms with van der Waals surface area (Å²) < 4.78 is 7.03. The van der Waals surface area contributed by atoms with E-state index < -0.39 is 0 Å². The number of benzene rings is 1. The van der Waals surface area contributed by atoms with Gasteiger partial charge >= 0.3 is 0 Å². The van der Waals surface area contributed by atoms with E-state index in [-0.39, 0.29) is 11.5 Å². The van der Waals surface area contributed by atoms with Crippen molar-refractivity contribution in [2.75, 3.05) is 13.2 Å². The van der Waals surface area contributed by atoms with Gasteiger partial charge < -0.3 is 14.6 Å². The lowest BCUT2D eigenvalue weighted by molar-refractivity contribution is -0.120. The van der Waals surface area contributed by atoms with E-state index in [1.165, 1.54) is 0 Å². The van der Waals surface area contributed by atoms with E-state index in [0.717, 1.165) is 23.3 Å². The van der Waals surface area contributed by atoms with Crippen LogP contribution in [-0.4, -0.2) is 23.6 Å². The van der Waals surface area contributed by atoms with E-state index in [4.69, 9.17) is 4.74 Å².